The monoisotopic (exact) mass is 224 g/mol. The number of carbonyl (C=O) groups excluding carboxylic acids is 2. The fourth-order valence-electron chi connectivity index (χ4n) is 1.86. The quantitative estimate of drug-likeness (QED) is 0.511. The van der Waals surface area contributed by atoms with E-state index in [9.17, 15) is 9.59 Å². The first-order chi connectivity index (χ1) is 7.69. The summed E-state index contributed by atoms with van der Waals surface area (Å²) in [7, 11) is 1.27. The van der Waals surface area contributed by atoms with Crippen LogP contribution in [0.15, 0.2) is 23.3 Å². The second-order valence-corrected chi connectivity index (χ2v) is 3.40. The highest BCUT2D eigenvalue weighted by molar-refractivity contribution is 6.03. The van der Waals surface area contributed by atoms with Gasteiger partial charge in [0.1, 0.15) is 12.2 Å². The van der Waals surface area contributed by atoms with Gasteiger partial charge in [0.2, 0.25) is 0 Å². The molecule has 0 fully saturated rings. The van der Waals surface area contributed by atoms with Gasteiger partial charge in [-0.2, -0.15) is 0 Å². The minimum Gasteiger partial charge on any atom is -0.466 e. The zero-order chi connectivity index (χ0) is 11.7. The van der Waals surface area contributed by atoms with Crippen LogP contribution in [0.25, 0.3) is 0 Å². The highest BCUT2D eigenvalue weighted by Crippen LogP contribution is 2.35. The van der Waals surface area contributed by atoms with E-state index in [4.69, 9.17) is 9.47 Å². The van der Waals surface area contributed by atoms with Crippen molar-refractivity contribution < 1.29 is 23.8 Å². The summed E-state index contributed by atoms with van der Waals surface area (Å²) in [5.41, 5.74) is 0.523. The maximum atomic E-state index is 11.7. The van der Waals surface area contributed by atoms with E-state index in [1.54, 1.807) is 19.1 Å². The molecule has 0 saturated carbocycles. The summed E-state index contributed by atoms with van der Waals surface area (Å²) >= 11 is 0. The van der Waals surface area contributed by atoms with E-state index < -0.39 is 24.1 Å². The smallest absolute Gasteiger partial charge is 0.337 e. The summed E-state index contributed by atoms with van der Waals surface area (Å²) in [6.07, 6.45) is 2.53. The Bertz CT molecular complexity index is 393. The van der Waals surface area contributed by atoms with Crippen LogP contribution in [0.2, 0.25) is 0 Å². The van der Waals surface area contributed by atoms with Gasteiger partial charge in [0.15, 0.2) is 0 Å². The van der Waals surface area contributed by atoms with E-state index in [-0.39, 0.29) is 17.8 Å². The Kier molecular flexibility index (Phi) is 2.78. The maximum Gasteiger partial charge on any atom is 0.337 e. The van der Waals surface area contributed by atoms with Crippen molar-refractivity contribution in [3.63, 3.8) is 0 Å². The van der Waals surface area contributed by atoms with Crippen LogP contribution in [-0.4, -0.2) is 37.9 Å². The third-order valence-corrected chi connectivity index (χ3v) is 2.51. The molecule has 2 bridgehead atoms. The van der Waals surface area contributed by atoms with Crippen LogP contribution in [0.4, 0.5) is 0 Å². The van der Waals surface area contributed by atoms with Gasteiger partial charge < -0.3 is 14.2 Å². The summed E-state index contributed by atoms with van der Waals surface area (Å²) < 4.78 is 14.9. The lowest BCUT2D eigenvalue weighted by molar-refractivity contribution is -0.140. The summed E-state index contributed by atoms with van der Waals surface area (Å²) in [6.45, 7) is 1.97. The van der Waals surface area contributed by atoms with E-state index >= 15 is 0 Å². The van der Waals surface area contributed by atoms with Crippen LogP contribution >= 0.6 is 0 Å². The van der Waals surface area contributed by atoms with Gasteiger partial charge in [0.25, 0.3) is 0 Å². The largest absolute Gasteiger partial charge is 0.466 e. The molecule has 2 aliphatic rings. The minimum atomic E-state index is -0.542. The van der Waals surface area contributed by atoms with Crippen LogP contribution in [0.5, 0.6) is 0 Å². The Labute approximate surface area is 92.7 Å². The van der Waals surface area contributed by atoms with E-state index in [1.807, 2.05) is 0 Å². The van der Waals surface area contributed by atoms with Gasteiger partial charge in [-0.1, -0.05) is 12.2 Å². The molecule has 0 aromatic rings. The van der Waals surface area contributed by atoms with E-state index in [1.165, 1.54) is 7.11 Å². The molecule has 0 N–H and O–H groups in total. The van der Waals surface area contributed by atoms with E-state index in [0.29, 0.717) is 0 Å². The molecule has 2 atom stereocenters. The van der Waals surface area contributed by atoms with Crippen molar-refractivity contribution in [2.45, 2.75) is 19.1 Å². The minimum absolute atomic E-state index is 0.258. The van der Waals surface area contributed by atoms with Gasteiger partial charge in [-0.25, -0.2) is 9.59 Å². The fourth-order valence-corrected chi connectivity index (χ4v) is 1.86. The molecule has 0 aliphatic carbocycles. The first kappa shape index (κ1) is 10.9. The third kappa shape index (κ3) is 1.53. The number of hydrogen-bond acceptors (Lipinski definition) is 5. The molecule has 2 aliphatic heterocycles. The molecule has 0 amide bonds. The average Bonchev–Trinajstić information content (AvgIpc) is 2.87. The van der Waals surface area contributed by atoms with Gasteiger partial charge in [-0.3, -0.25) is 0 Å². The van der Waals surface area contributed by atoms with E-state index in [2.05, 4.69) is 4.74 Å². The number of esters is 2. The third-order valence-electron chi connectivity index (χ3n) is 2.51. The predicted octanol–water partition coefficient (Wildman–Crippen LogP) is 0.356. The molecule has 5 heteroatoms. The average molecular weight is 224 g/mol. The molecule has 86 valence electrons. The van der Waals surface area contributed by atoms with Crippen LogP contribution in [0.1, 0.15) is 6.92 Å². The SMILES string of the molecule is CCOC(=O)C1=C(C(=O)OC)C2C=CC1O2. The molecular weight excluding hydrogens is 212 g/mol. The summed E-state index contributed by atoms with van der Waals surface area (Å²) in [6, 6.07) is 0. The highest BCUT2D eigenvalue weighted by atomic mass is 16.6. The second-order valence-electron chi connectivity index (χ2n) is 3.40. The zero-order valence-corrected chi connectivity index (χ0v) is 9.06. The lowest BCUT2D eigenvalue weighted by atomic mass is 9.97. The van der Waals surface area contributed by atoms with Gasteiger partial charge in [-0.05, 0) is 6.92 Å². The molecule has 0 spiro atoms. The molecule has 2 heterocycles. The van der Waals surface area contributed by atoms with Crippen molar-refractivity contribution in [3.8, 4) is 0 Å². The molecular formula is C11H12O5. The maximum absolute atomic E-state index is 11.7. The van der Waals surface area contributed by atoms with Crippen molar-refractivity contribution in [1.82, 2.24) is 0 Å². The van der Waals surface area contributed by atoms with Crippen molar-refractivity contribution in [2.75, 3.05) is 13.7 Å². The first-order valence-electron chi connectivity index (χ1n) is 5.02. The number of hydrogen-bond donors (Lipinski definition) is 0. The molecule has 2 rings (SSSR count). The standard InChI is InChI=1S/C11H12O5/c1-3-15-11(13)9-7-5-4-6(16-7)8(9)10(12)14-2/h4-7H,3H2,1-2H3. The zero-order valence-electron chi connectivity index (χ0n) is 9.06. The van der Waals surface area contributed by atoms with Crippen molar-refractivity contribution in [3.05, 3.63) is 23.3 Å². The Hall–Kier alpha value is -1.62. The van der Waals surface area contributed by atoms with Crippen molar-refractivity contribution in [1.29, 1.82) is 0 Å². The molecule has 0 radical (unpaired) electrons. The second kappa shape index (κ2) is 4.09. The number of methoxy groups -OCH3 is 1. The van der Waals surface area contributed by atoms with E-state index in [0.717, 1.165) is 0 Å². The highest BCUT2D eigenvalue weighted by Gasteiger charge is 2.44. The number of carbonyl (C=O) groups is 2. The Balaban J connectivity index is 2.33. The normalized spacial score (nSPS) is 26.1. The predicted molar refractivity (Wildman–Crippen MR) is 53.5 cm³/mol. The molecule has 5 nitrogen and oxygen atoms in total. The Morgan fingerprint density at radius 3 is 2.31 bits per heavy atom. The Morgan fingerprint density at radius 2 is 1.81 bits per heavy atom. The number of rotatable bonds is 3. The molecule has 0 saturated heterocycles. The van der Waals surface area contributed by atoms with Crippen LogP contribution < -0.4 is 0 Å². The molecule has 2 unspecified atom stereocenters. The van der Waals surface area contributed by atoms with Gasteiger partial charge in [0, 0.05) is 0 Å². The molecule has 16 heavy (non-hydrogen) atoms. The topological polar surface area (TPSA) is 61.8 Å². The lowest BCUT2D eigenvalue weighted by Gasteiger charge is -2.10. The van der Waals surface area contributed by atoms with Gasteiger partial charge in [0.05, 0.1) is 24.9 Å². The first-order valence-corrected chi connectivity index (χ1v) is 5.02. The van der Waals surface area contributed by atoms with Crippen molar-refractivity contribution >= 4 is 11.9 Å². The molecule has 0 aromatic heterocycles. The van der Waals surface area contributed by atoms with Crippen LogP contribution in [-0.2, 0) is 23.8 Å². The van der Waals surface area contributed by atoms with Crippen molar-refractivity contribution in [2.24, 2.45) is 0 Å². The summed E-state index contributed by atoms with van der Waals surface area (Å²) in [5, 5.41) is 0. The van der Waals surface area contributed by atoms with Gasteiger partial charge in [-0.15, -0.1) is 0 Å². The lowest BCUT2D eigenvalue weighted by Crippen LogP contribution is -2.21. The summed E-state index contributed by atoms with van der Waals surface area (Å²) in [4.78, 5) is 23.2. The van der Waals surface area contributed by atoms with Crippen LogP contribution in [0, 0.1) is 0 Å². The van der Waals surface area contributed by atoms with Crippen LogP contribution in [0.3, 0.4) is 0 Å². The molecule has 0 aromatic carbocycles. The number of fused-ring (bicyclic) bond motifs is 2. The summed E-state index contributed by atoms with van der Waals surface area (Å²) in [5.74, 6) is -1.06. The number of ether oxygens (including phenoxy) is 3. The fraction of sp³-hybridized carbons (Fsp3) is 0.455. The Morgan fingerprint density at radius 1 is 1.25 bits per heavy atom. The van der Waals surface area contributed by atoms with Gasteiger partial charge >= 0.3 is 11.9 Å².